The second kappa shape index (κ2) is 5.07. The second-order valence-corrected chi connectivity index (χ2v) is 3.66. The zero-order chi connectivity index (χ0) is 15.6. The Bertz CT molecular complexity index is 841. The van der Waals surface area contributed by atoms with E-state index in [2.05, 4.69) is 9.97 Å². The van der Waals surface area contributed by atoms with Crippen LogP contribution in [0.3, 0.4) is 0 Å². The van der Waals surface area contributed by atoms with Crippen molar-refractivity contribution in [3.05, 3.63) is 45.7 Å². The Morgan fingerprint density at radius 1 is 1.38 bits per heavy atom. The molecule has 2 aromatic heterocycles. The molecule has 0 bridgehead atoms. The third kappa shape index (κ3) is 2.24. The average Bonchev–Trinajstić information content (AvgIpc) is 2.88. The van der Waals surface area contributed by atoms with Crippen molar-refractivity contribution in [3.8, 4) is 18.0 Å². The molecule has 0 saturated carbocycles. The summed E-state index contributed by atoms with van der Waals surface area (Å²) in [5.74, 6) is -1.70. The van der Waals surface area contributed by atoms with E-state index in [0.717, 1.165) is 23.2 Å². The van der Waals surface area contributed by atoms with Gasteiger partial charge in [-0.05, 0) is 0 Å². The molecule has 2 aromatic rings. The maximum atomic E-state index is 11.2. The summed E-state index contributed by atoms with van der Waals surface area (Å²) in [6, 6.07) is 4.20. The molecule has 0 fully saturated rings. The van der Waals surface area contributed by atoms with E-state index >= 15 is 0 Å². The number of imidazole rings is 1. The van der Waals surface area contributed by atoms with Gasteiger partial charge in [-0.2, -0.15) is 10.5 Å². The van der Waals surface area contributed by atoms with Gasteiger partial charge in [0.1, 0.15) is 30.2 Å². The summed E-state index contributed by atoms with van der Waals surface area (Å²) in [5, 5.41) is 37.6. The molecule has 0 unspecified atom stereocenters. The van der Waals surface area contributed by atoms with Crippen LogP contribution < -0.4 is 0 Å². The molecule has 1 N–H and O–H groups in total. The second-order valence-electron chi connectivity index (χ2n) is 3.66. The van der Waals surface area contributed by atoms with Crippen LogP contribution in [0.4, 0.5) is 5.69 Å². The van der Waals surface area contributed by atoms with Gasteiger partial charge in [0.2, 0.25) is 0 Å². The van der Waals surface area contributed by atoms with Crippen LogP contribution in [0.15, 0.2) is 18.6 Å². The minimum atomic E-state index is -1.46. The first-order valence-corrected chi connectivity index (χ1v) is 5.25. The lowest BCUT2D eigenvalue weighted by molar-refractivity contribution is -0.385. The molecule has 2 rings (SSSR count). The minimum Gasteiger partial charge on any atom is -0.478 e. The molecule has 0 radical (unpaired) electrons. The molecule has 0 aromatic carbocycles. The smallest absolute Gasteiger partial charge is 0.339 e. The van der Waals surface area contributed by atoms with Crippen LogP contribution in [0, 0.1) is 32.8 Å². The maximum Gasteiger partial charge on any atom is 0.339 e. The van der Waals surface area contributed by atoms with Gasteiger partial charge in [-0.1, -0.05) is 0 Å². The fraction of sp³-hybridized carbons (Fsp3) is 0. The van der Waals surface area contributed by atoms with Crippen molar-refractivity contribution >= 4 is 11.7 Å². The van der Waals surface area contributed by atoms with E-state index in [9.17, 15) is 14.9 Å². The molecule has 0 aliphatic carbocycles. The largest absolute Gasteiger partial charge is 0.478 e. The third-order valence-corrected chi connectivity index (χ3v) is 2.50. The van der Waals surface area contributed by atoms with E-state index in [1.54, 1.807) is 12.1 Å². The molecule has 21 heavy (non-hydrogen) atoms. The van der Waals surface area contributed by atoms with Crippen molar-refractivity contribution in [2.45, 2.75) is 0 Å². The monoisotopic (exact) mass is 284 g/mol. The van der Waals surface area contributed by atoms with E-state index < -0.39 is 22.1 Å². The molecule has 0 spiro atoms. The predicted octanol–water partition coefficient (Wildman–Crippen LogP) is 0.617. The standard InChI is InChI=1S/C11H4N6O4/c12-2-8-9(3-13)16(5-15-8)10-7(11(18)19)1-6(4-14-10)17(20)21/h1,4-5H,(H,18,19). The first kappa shape index (κ1) is 13.6. The Kier molecular flexibility index (Phi) is 3.29. The van der Waals surface area contributed by atoms with Crippen molar-refractivity contribution in [2.24, 2.45) is 0 Å². The van der Waals surface area contributed by atoms with Crippen LogP contribution in [0.2, 0.25) is 0 Å². The Hall–Kier alpha value is -3.79. The quantitative estimate of drug-likeness (QED) is 0.633. The summed E-state index contributed by atoms with van der Waals surface area (Å²) in [4.78, 5) is 28.4. The van der Waals surface area contributed by atoms with Crippen LogP contribution >= 0.6 is 0 Å². The normalized spacial score (nSPS) is 9.62. The average molecular weight is 284 g/mol. The van der Waals surface area contributed by atoms with E-state index in [1.165, 1.54) is 0 Å². The predicted molar refractivity (Wildman–Crippen MR) is 64.4 cm³/mol. The molecule has 0 aliphatic heterocycles. The number of hydrogen-bond donors (Lipinski definition) is 1. The Labute approximate surface area is 116 Å². The van der Waals surface area contributed by atoms with Crippen molar-refractivity contribution < 1.29 is 14.8 Å². The van der Waals surface area contributed by atoms with Gasteiger partial charge in [0.15, 0.2) is 17.2 Å². The molecular weight excluding hydrogens is 280 g/mol. The van der Waals surface area contributed by atoms with Gasteiger partial charge in [-0.25, -0.2) is 14.8 Å². The Morgan fingerprint density at radius 3 is 2.62 bits per heavy atom. The third-order valence-electron chi connectivity index (χ3n) is 2.50. The van der Waals surface area contributed by atoms with Crippen LogP contribution in [0.1, 0.15) is 21.7 Å². The van der Waals surface area contributed by atoms with Crippen molar-refractivity contribution in [3.63, 3.8) is 0 Å². The van der Waals surface area contributed by atoms with Crippen molar-refractivity contribution in [1.82, 2.24) is 14.5 Å². The van der Waals surface area contributed by atoms with Crippen molar-refractivity contribution in [1.29, 1.82) is 10.5 Å². The number of aromatic nitrogens is 3. The fourth-order valence-electron chi connectivity index (χ4n) is 1.59. The number of nitro groups is 1. The van der Waals surface area contributed by atoms with Gasteiger partial charge in [0, 0.05) is 6.07 Å². The summed E-state index contributed by atoms with van der Waals surface area (Å²) in [7, 11) is 0. The fourth-order valence-corrected chi connectivity index (χ4v) is 1.59. The van der Waals surface area contributed by atoms with Gasteiger partial charge >= 0.3 is 5.97 Å². The highest BCUT2D eigenvalue weighted by molar-refractivity contribution is 5.92. The van der Waals surface area contributed by atoms with E-state index in [-0.39, 0.29) is 17.2 Å². The minimum absolute atomic E-state index is 0.200. The van der Waals surface area contributed by atoms with Gasteiger partial charge in [0.05, 0.1) is 4.92 Å². The number of carbonyl (C=O) groups is 1. The molecule has 0 aliphatic rings. The molecule has 0 saturated heterocycles. The summed E-state index contributed by atoms with van der Waals surface area (Å²) in [5.41, 5.74) is -1.40. The molecule has 10 heteroatoms. The number of carboxylic acid groups (broad SMARTS) is 1. The Balaban J connectivity index is 2.74. The number of pyridine rings is 1. The molecule has 102 valence electrons. The van der Waals surface area contributed by atoms with Crippen LogP contribution in [0.5, 0.6) is 0 Å². The molecular formula is C11H4N6O4. The number of nitriles is 2. The Morgan fingerprint density at radius 2 is 2.10 bits per heavy atom. The molecule has 2 heterocycles. The summed E-state index contributed by atoms with van der Waals surface area (Å²) in [6.07, 6.45) is 1.91. The highest BCUT2D eigenvalue weighted by atomic mass is 16.6. The lowest BCUT2D eigenvalue weighted by Gasteiger charge is -2.06. The van der Waals surface area contributed by atoms with Gasteiger partial charge in [-0.15, -0.1) is 0 Å². The molecule has 10 nitrogen and oxygen atoms in total. The summed E-state index contributed by atoms with van der Waals surface area (Å²) < 4.78 is 0.992. The van der Waals surface area contributed by atoms with Gasteiger partial charge < -0.3 is 5.11 Å². The SMILES string of the molecule is N#Cc1ncn(-c2ncc([N+](=O)[O-])cc2C(=O)O)c1C#N. The lowest BCUT2D eigenvalue weighted by Crippen LogP contribution is -2.09. The van der Waals surface area contributed by atoms with Gasteiger partial charge in [0.25, 0.3) is 5.69 Å². The number of aromatic carboxylic acids is 1. The molecule has 0 atom stereocenters. The van der Waals surface area contributed by atoms with Crippen LogP contribution in [0.25, 0.3) is 5.82 Å². The molecule has 0 amide bonds. The van der Waals surface area contributed by atoms with E-state index in [1.807, 2.05) is 0 Å². The van der Waals surface area contributed by atoms with Crippen LogP contribution in [-0.4, -0.2) is 30.5 Å². The number of nitrogens with zero attached hydrogens (tertiary/aromatic N) is 6. The summed E-state index contributed by atoms with van der Waals surface area (Å²) in [6.45, 7) is 0. The topological polar surface area (TPSA) is 159 Å². The van der Waals surface area contributed by atoms with Crippen molar-refractivity contribution in [2.75, 3.05) is 0 Å². The zero-order valence-corrected chi connectivity index (χ0v) is 10.1. The number of rotatable bonds is 3. The lowest BCUT2D eigenvalue weighted by atomic mass is 10.2. The van der Waals surface area contributed by atoms with E-state index in [4.69, 9.17) is 15.6 Å². The van der Waals surface area contributed by atoms with Crippen LogP contribution in [-0.2, 0) is 0 Å². The highest BCUT2D eigenvalue weighted by Gasteiger charge is 2.22. The number of hydrogen-bond acceptors (Lipinski definition) is 7. The van der Waals surface area contributed by atoms with E-state index in [0.29, 0.717) is 0 Å². The highest BCUT2D eigenvalue weighted by Crippen LogP contribution is 2.20. The summed E-state index contributed by atoms with van der Waals surface area (Å²) >= 11 is 0. The first-order chi connectivity index (χ1) is 9.99. The first-order valence-electron chi connectivity index (χ1n) is 5.25. The number of carboxylic acids is 1. The van der Waals surface area contributed by atoms with Gasteiger partial charge in [-0.3, -0.25) is 14.7 Å². The zero-order valence-electron chi connectivity index (χ0n) is 10.1. The maximum absolute atomic E-state index is 11.2.